The van der Waals surface area contributed by atoms with E-state index in [0.29, 0.717) is 6.04 Å². The number of hydrogen-bond donors (Lipinski definition) is 2. The van der Waals surface area contributed by atoms with Crippen LogP contribution >= 0.6 is 0 Å². The molecule has 4 heteroatoms. The van der Waals surface area contributed by atoms with Crippen molar-refractivity contribution in [2.45, 2.75) is 57.1 Å². The summed E-state index contributed by atoms with van der Waals surface area (Å²) in [6.45, 7) is 3.28. The summed E-state index contributed by atoms with van der Waals surface area (Å²) in [6, 6.07) is 0.596. The van der Waals surface area contributed by atoms with E-state index in [2.05, 4.69) is 17.3 Å². The zero-order chi connectivity index (χ0) is 13.0. The second-order valence-electron chi connectivity index (χ2n) is 5.65. The van der Waals surface area contributed by atoms with Gasteiger partial charge in [0.1, 0.15) is 0 Å². The van der Waals surface area contributed by atoms with Crippen LogP contribution in [0.3, 0.4) is 0 Å². The first-order chi connectivity index (χ1) is 8.61. The SMILES string of the molecule is CCCNC1CCC(O)(Cc2cnn(C)c2)CC1. The second-order valence-corrected chi connectivity index (χ2v) is 5.65. The molecule has 2 rings (SSSR count). The highest BCUT2D eigenvalue weighted by Crippen LogP contribution is 2.31. The van der Waals surface area contributed by atoms with E-state index in [1.165, 1.54) is 6.42 Å². The Kier molecular flexibility index (Phi) is 4.40. The highest BCUT2D eigenvalue weighted by molar-refractivity contribution is 5.09. The molecule has 1 aliphatic carbocycles. The van der Waals surface area contributed by atoms with Crippen molar-refractivity contribution >= 4 is 0 Å². The molecular formula is C14H25N3O. The Morgan fingerprint density at radius 1 is 1.50 bits per heavy atom. The molecule has 0 unspecified atom stereocenters. The van der Waals surface area contributed by atoms with Gasteiger partial charge in [0.2, 0.25) is 0 Å². The predicted octanol–water partition coefficient (Wildman–Crippen LogP) is 1.64. The molecule has 1 aromatic rings. The standard InChI is InChI=1S/C14H25N3O/c1-3-8-15-13-4-6-14(18,7-5-13)9-12-10-16-17(2)11-12/h10-11,13,15,18H,3-9H2,1-2H3. The maximum Gasteiger partial charge on any atom is 0.0690 e. The molecule has 0 aromatic carbocycles. The molecule has 0 atom stereocenters. The van der Waals surface area contributed by atoms with Gasteiger partial charge in [-0.25, -0.2) is 0 Å². The zero-order valence-corrected chi connectivity index (χ0v) is 11.5. The number of rotatable bonds is 5. The van der Waals surface area contributed by atoms with E-state index in [0.717, 1.165) is 44.2 Å². The molecule has 1 aliphatic rings. The van der Waals surface area contributed by atoms with E-state index in [1.54, 1.807) is 4.68 Å². The van der Waals surface area contributed by atoms with Gasteiger partial charge in [0.15, 0.2) is 0 Å². The maximum absolute atomic E-state index is 10.6. The summed E-state index contributed by atoms with van der Waals surface area (Å²) >= 11 is 0. The lowest BCUT2D eigenvalue weighted by Gasteiger charge is -2.36. The number of aromatic nitrogens is 2. The van der Waals surface area contributed by atoms with Crippen LogP contribution in [0.4, 0.5) is 0 Å². The van der Waals surface area contributed by atoms with Crippen molar-refractivity contribution in [1.82, 2.24) is 15.1 Å². The molecule has 0 aliphatic heterocycles. The summed E-state index contributed by atoms with van der Waals surface area (Å²) in [6.07, 6.45) is 9.72. The third-order valence-corrected chi connectivity index (χ3v) is 3.89. The number of aliphatic hydroxyl groups is 1. The highest BCUT2D eigenvalue weighted by atomic mass is 16.3. The summed E-state index contributed by atoms with van der Waals surface area (Å²) < 4.78 is 1.80. The third kappa shape index (κ3) is 3.56. The molecule has 0 amide bonds. The average Bonchev–Trinajstić information content (AvgIpc) is 2.74. The smallest absolute Gasteiger partial charge is 0.0690 e. The van der Waals surface area contributed by atoms with Gasteiger partial charge >= 0.3 is 0 Å². The van der Waals surface area contributed by atoms with Gasteiger partial charge < -0.3 is 10.4 Å². The van der Waals surface area contributed by atoms with Gasteiger partial charge in [0, 0.05) is 25.7 Å². The first-order valence-corrected chi connectivity index (χ1v) is 7.04. The molecule has 2 N–H and O–H groups in total. The summed E-state index contributed by atoms with van der Waals surface area (Å²) in [5, 5.41) is 18.3. The Labute approximate surface area is 109 Å². The van der Waals surface area contributed by atoms with Gasteiger partial charge in [0.25, 0.3) is 0 Å². The molecule has 1 saturated carbocycles. The Bertz CT molecular complexity index is 367. The molecule has 0 radical (unpaired) electrons. The normalized spacial score (nSPS) is 28.5. The lowest BCUT2D eigenvalue weighted by Crippen LogP contribution is -2.42. The van der Waals surface area contributed by atoms with Crippen molar-refractivity contribution < 1.29 is 5.11 Å². The van der Waals surface area contributed by atoms with Crippen LogP contribution in [0, 0.1) is 0 Å². The van der Waals surface area contributed by atoms with E-state index < -0.39 is 5.60 Å². The van der Waals surface area contributed by atoms with E-state index in [-0.39, 0.29) is 0 Å². The van der Waals surface area contributed by atoms with Crippen molar-refractivity contribution in [3.05, 3.63) is 18.0 Å². The summed E-state index contributed by atoms with van der Waals surface area (Å²) in [5.74, 6) is 0. The lowest BCUT2D eigenvalue weighted by molar-refractivity contribution is -0.00307. The van der Waals surface area contributed by atoms with Crippen LogP contribution in [0.25, 0.3) is 0 Å². The molecule has 18 heavy (non-hydrogen) atoms. The first-order valence-electron chi connectivity index (χ1n) is 7.04. The minimum Gasteiger partial charge on any atom is -0.390 e. The highest BCUT2D eigenvalue weighted by Gasteiger charge is 2.33. The Balaban J connectivity index is 1.83. The fourth-order valence-corrected chi connectivity index (χ4v) is 2.83. The fraction of sp³-hybridized carbons (Fsp3) is 0.786. The van der Waals surface area contributed by atoms with Gasteiger partial charge in [0.05, 0.1) is 11.8 Å². The van der Waals surface area contributed by atoms with Crippen LogP contribution in [-0.4, -0.2) is 33.1 Å². The van der Waals surface area contributed by atoms with Crippen LogP contribution < -0.4 is 5.32 Å². The van der Waals surface area contributed by atoms with Crippen molar-refractivity contribution in [3.8, 4) is 0 Å². The molecule has 1 aromatic heterocycles. The molecule has 1 fully saturated rings. The molecule has 102 valence electrons. The number of nitrogens with one attached hydrogen (secondary N) is 1. The Hall–Kier alpha value is -0.870. The van der Waals surface area contributed by atoms with E-state index >= 15 is 0 Å². The van der Waals surface area contributed by atoms with Gasteiger partial charge in [-0.05, 0) is 44.2 Å². The van der Waals surface area contributed by atoms with Crippen LogP contribution in [-0.2, 0) is 13.5 Å². The Morgan fingerprint density at radius 3 is 2.78 bits per heavy atom. The van der Waals surface area contributed by atoms with Crippen molar-refractivity contribution in [2.75, 3.05) is 6.54 Å². The largest absolute Gasteiger partial charge is 0.390 e. The number of aryl methyl sites for hydroxylation is 1. The summed E-state index contributed by atoms with van der Waals surface area (Å²) in [5.41, 5.74) is 0.618. The van der Waals surface area contributed by atoms with Crippen LogP contribution in [0.5, 0.6) is 0 Å². The topological polar surface area (TPSA) is 50.1 Å². The maximum atomic E-state index is 10.6. The third-order valence-electron chi connectivity index (χ3n) is 3.89. The van der Waals surface area contributed by atoms with Gasteiger partial charge in [-0.2, -0.15) is 5.10 Å². The van der Waals surface area contributed by atoms with E-state index in [9.17, 15) is 5.11 Å². The summed E-state index contributed by atoms with van der Waals surface area (Å²) in [4.78, 5) is 0. The van der Waals surface area contributed by atoms with Crippen LogP contribution in [0.15, 0.2) is 12.4 Å². The number of hydrogen-bond acceptors (Lipinski definition) is 3. The average molecular weight is 251 g/mol. The minimum absolute atomic E-state index is 0.520. The predicted molar refractivity (Wildman–Crippen MR) is 72.4 cm³/mol. The molecule has 1 heterocycles. The molecule has 0 bridgehead atoms. The fourth-order valence-electron chi connectivity index (χ4n) is 2.83. The van der Waals surface area contributed by atoms with Gasteiger partial charge in [-0.1, -0.05) is 6.92 Å². The van der Waals surface area contributed by atoms with Crippen LogP contribution in [0.1, 0.15) is 44.6 Å². The quantitative estimate of drug-likeness (QED) is 0.836. The minimum atomic E-state index is -0.520. The van der Waals surface area contributed by atoms with Crippen molar-refractivity contribution in [1.29, 1.82) is 0 Å². The van der Waals surface area contributed by atoms with E-state index in [1.807, 2.05) is 19.4 Å². The zero-order valence-electron chi connectivity index (χ0n) is 11.5. The molecular weight excluding hydrogens is 226 g/mol. The van der Waals surface area contributed by atoms with Crippen LogP contribution in [0.2, 0.25) is 0 Å². The molecule has 0 spiro atoms. The lowest BCUT2D eigenvalue weighted by atomic mass is 9.79. The molecule has 4 nitrogen and oxygen atoms in total. The first kappa shape index (κ1) is 13.6. The second kappa shape index (κ2) is 5.85. The summed E-state index contributed by atoms with van der Waals surface area (Å²) in [7, 11) is 1.92. The van der Waals surface area contributed by atoms with Gasteiger partial charge in [-0.15, -0.1) is 0 Å². The van der Waals surface area contributed by atoms with Gasteiger partial charge in [-0.3, -0.25) is 4.68 Å². The number of nitrogens with zero attached hydrogens (tertiary/aromatic N) is 2. The van der Waals surface area contributed by atoms with Crippen molar-refractivity contribution in [3.63, 3.8) is 0 Å². The molecule has 0 saturated heterocycles. The monoisotopic (exact) mass is 251 g/mol. The van der Waals surface area contributed by atoms with E-state index in [4.69, 9.17) is 0 Å². The van der Waals surface area contributed by atoms with Crippen molar-refractivity contribution in [2.24, 2.45) is 7.05 Å². The Morgan fingerprint density at radius 2 is 2.22 bits per heavy atom.